The average Bonchev–Trinajstić information content (AvgIpc) is 1.96. The van der Waals surface area contributed by atoms with Crippen LogP contribution >= 0.6 is 0 Å². The molecule has 0 aromatic carbocycles. The first-order valence-electron chi connectivity index (χ1n) is 4.77. The fourth-order valence-electron chi connectivity index (χ4n) is 3.44. The molecule has 0 N–H and O–H groups in total. The van der Waals surface area contributed by atoms with E-state index in [4.69, 9.17) is 0 Å². The summed E-state index contributed by atoms with van der Waals surface area (Å²) in [6, 6.07) is 0. The van der Waals surface area contributed by atoms with Crippen LogP contribution in [0.3, 0.4) is 0 Å². The van der Waals surface area contributed by atoms with Gasteiger partial charge in [0, 0.05) is 5.92 Å². The Morgan fingerprint density at radius 1 is 1.17 bits per heavy atom. The topological polar surface area (TPSA) is 40.1 Å². The van der Waals surface area contributed by atoms with Gasteiger partial charge in [-0.15, -0.1) is 0 Å². The van der Waals surface area contributed by atoms with Crippen LogP contribution in [0.15, 0.2) is 0 Å². The largest absolute Gasteiger partial charge is 0.633 e. The Labute approximate surface area is 71.5 Å². The van der Waals surface area contributed by atoms with Crippen molar-refractivity contribution < 1.29 is 9.44 Å². The zero-order valence-electron chi connectivity index (χ0n) is 7.03. The van der Waals surface area contributed by atoms with Crippen LogP contribution in [-0.4, -0.2) is 30.1 Å². The quantitative estimate of drug-likeness (QED) is 0.390. The van der Waals surface area contributed by atoms with E-state index in [0.29, 0.717) is 24.8 Å². The van der Waals surface area contributed by atoms with Crippen molar-refractivity contribution >= 4 is 5.78 Å². The highest BCUT2D eigenvalue weighted by atomic mass is 16.5. The van der Waals surface area contributed by atoms with Crippen molar-refractivity contribution in [2.75, 3.05) is 19.6 Å². The van der Waals surface area contributed by atoms with E-state index < -0.39 is 0 Å². The predicted molar refractivity (Wildman–Crippen MR) is 42.9 cm³/mol. The van der Waals surface area contributed by atoms with E-state index in [-0.39, 0.29) is 16.5 Å². The van der Waals surface area contributed by atoms with Crippen LogP contribution in [-0.2, 0) is 4.79 Å². The summed E-state index contributed by atoms with van der Waals surface area (Å²) in [5.41, 5.74) is 0. The highest BCUT2D eigenvalue weighted by Crippen LogP contribution is 2.44. The number of quaternary nitrogens is 1. The third kappa shape index (κ3) is 0.756. The van der Waals surface area contributed by atoms with Gasteiger partial charge in [-0.1, -0.05) is 0 Å². The molecule has 0 radical (unpaired) electrons. The summed E-state index contributed by atoms with van der Waals surface area (Å²) in [7, 11) is 0. The Hall–Kier alpha value is -0.410. The highest BCUT2D eigenvalue weighted by molar-refractivity contribution is 5.85. The SMILES string of the molecule is O=C1[C@@H]2CC3C[C@H]1C[N+]([O-])(C3)C2. The molecule has 4 aliphatic rings. The van der Waals surface area contributed by atoms with E-state index >= 15 is 0 Å². The number of hydroxylamine groups is 3. The molecular formula is C9H13NO2. The van der Waals surface area contributed by atoms with Crippen molar-refractivity contribution in [3.63, 3.8) is 0 Å². The van der Waals surface area contributed by atoms with E-state index in [1.54, 1.807) is 0 Å². The third-order valence-electron chi connectivity index (χ3n) is 3.74. The molecule has 1 saturated carbocycles. The fourth-order valence-corrected chi connectivity index (χ4v) is 3.44. The lowest BCUT2D eigenvalue weighted by Gasteiger charge is -2.59. The number of rotatable bonds is 0. The van der Waals surface area contributed by atoms with Crippen molar-refractivity contribution in [3.8, 4) is 0 Å². The average molecular weight is 167 g/mol. The number of hydrogen-bond donors (Lipinski definition) is 0. The number of carbonyl (C=O) groups is 1. The monoisotopic (exact) mass is 167 g/mol. The molecule has 3 heteroatoms. The van der Waals surface area contributed by atoms with Crippen LogP contribution in [0.25, 0.3) is 0 Å². The zero-order chi connectivity index (χ0) is 8.34. The Bertz CT molecular complexity index is 233. The van der Waals surface area contributed by atoms with E-state index in [1.165, 1.54) is 0 Å². The number of ketones is 1. The van der Waals surface area contributed by atoms with Crippen molar-refractivity contribution in [3.05, 3.63) is 5.21 Å². The Kier molecular flexibility index (Phi) is 1.12. The standard InChI is InChI=1S/C9H13NO2/c11-9-7-1-6-2-8(9)5-10(12,3-6)4-7/h6-8H,1-5H2/t6?,7-,8+,10?. The molecule has 1 aliphatic carbocycles. The molecule has 0 amide bonds. The second-order valence-corrected chi connectivity index (χ2v) is 4.74. The summed E-state index contributed by atoms with van der Waals surface area (Å²) in [5, 5.41) is 11.9. The number of carbonyl (C=O) groups excluding carboxylic acids is 1. The zero-order valence-corrected chi connectivity index (χ0v) is 7.03. The van der Waals surface area contributed by atoms with Gasteiger partial charge in [-0.05, 0) is 12.8 Å². The molecule has 4 atom stereocenters. The van der Waals surface area contributed by atoms with Gasteiger partial charge in [-0.2, -0.15) is 0 Å². The molecule has 3 aliphatic heterocycles. The molecular weight excluding hydrogens is 154 g/mol. The molecule has 0 spiro atoms. The minimum Gasteiger partial charge on any atom is -0.633 e. The van der Waals surface area contributed by atoms with Gasteiger partial charge in [0.25, 0.3) is 0 Å². The maximum absolute atomic E-state index is 11.9. The predicted octanol–water partition coefficient (Wildman–Crippen LogP) is 0.540. The molecule has 4 fully saturated rings. The first-order valence-corrected chi connectivity index (χ1v) is 4.77. The molecule has 3 heterocycles. The maximum atomic E-state index is 11.9. The fraction of sp³-hybridized carbons (Fsp3) is 0.889. The first-order chi connectivity index (χ1) is 5.66. The lowest BCUT2D eigenvalue weighted by Crippen LogP contribution is -2.66. The Balaban J connectivity index is 2.00. The molecule has 4 bridgehead atoms. The Morgan fingerprint density at radius 3 is 2.25 bits per heavy atom. The van der Waals surface area contributed by atoms with E-state index in [9.17, 15) is 10.0 Å². The third-order valence-corrected chi connectivity index (χ3v) is 3.74. The summed E-state index contributed by atoms with van der Waals surface area (Å²) in [6.07, 6.45) is 2.02. The lowest BCUT2D eigenvalue weighted by molar-refractivity contribution is -0.904. The van der Waals surface area contributed by atoms with Crippen molar-refractivity contribution in [2.24, 2.45) is 17.8 Å². The summed E-state index contributed by atoms with van der Waals surface area (Å²) in [6.45, 7) is 1.97. The van der Waals surface area contributed by atoms with Gasteiger partial charge in [-0.3, -0.25) is 4.79 Å². The minimum atomic E-state index is -0.0499. The summed E-state index contributed by atoms with van der Waals surface area (Å²) >= 11 is 0. The van der Waals surface area contributed by atoms with Gasteiger partial charge < -0.3 is 9.85 Å². The van der Waals surface area contributed by atoms with Crippen LogP contribution in [0.4, 0.5) is 0 Å². The van der Waals surface area contributed by atoms with Crippen LogP contribution in [0.1, 0.15) is 12.8 Å². The van der Waals surface area contributed by atoms with Crippen molar-refractivity contribution in [1.29, 1.82) is 0 Å². The van der Waals surface area contributed by atoms with Gasteiger partial charge in [0.2, 0.25) is 0 Å². The van der Waals surface area contributed by atoms with Gasteiger partial charge in [0.1, 0.15) is 5.78 Å². The maximum Gasteiger partial charge on any atom is 0.150 e. The van der Waals surface area contributed by atoms with Crippen molar-refractivity contribution in [1.82, 2.24) is 0 Å². The van der Waals surface area contributed by atoms with Crippen LogP contribution < -0.4 is 0 Å². The van der Waals surface area contributed by atoms with Gasteiger partial charge in [0.05, 0.1) is 31.5 Å². The molecule has 12 heavy (non-hydrogen) atoms. The number of hydrogen-bond acceptors (Lipinski definition) is 2. The number of Topliss-reactive ketones (excluding diaryl/α,β-unsaturated/α-hetero) is 1. The summed E-state index contributed by atoms with van der Waals surface area (Å²) in [4.78, 5) is 11.6. The van der Waals surface area contributed by atoms with Crippen molar-refractivity contribution in [2.45, 2.75) is 12.8 Å². The van der Waals surface area contributed by atoms with Gasteiger partial charge >= 0.3 is 0 Å². The molecule has 0 aromatic rings. The highest BCUT2D eigenvalue weighted by Gasteiger charge is 2.52. The lowest BCUT2D eigenvalue weighted by atomic mass is 9.67. The van der Waals surface area contributed by atoms with Gasteiger partial charge in [0.15, 0.2) is 0 Å². The van der Waals surface area contributed by atoms with Crippen LogP contribution in [0, 0.1) is 23.0 Å². The minimum absolute atomic E-state index is 0.0499. The van der Waals surface area contributed by atoms with E-state index in [0.717, 1.165) is 19.4 Å². The van der Waals surface area contributed by atoms with Crippen LogP contribution in [0.2, 0.25) is 0 Å². The summed E-state index contributed by atoms with van der Waals surface area (Å²) < 4.78 is -0.0499. The van der Waals surface area contributed by atoms with E-state index in [2.05, 4.69) is 0 Å². The summed E-state index contributed by atoms with van der Waals surface area (Å²) in [5.74, 6) is 1.23. The Morgan fingerprint density at radius 2 is 1.75 bits per heavy atom. The molecule has 3 nitrogen and oxygen atoms in total. The molecule has 66 valence electrons. The molecule has 3 saturated heterocycles. The first kappa shape index (κ1) is 7.04. The molecule has 2 unspecified atom stereocenters. The molecule has 0 aromatic heterocycles. The second-order valence-electron chi connectivity index (χ2n) is 4.74. The normalized spacial score (nSPS) is 56.4. The number of piperidine rings is 3. The van der Waals surface area contributed by atoms with Crippen LogP contribution in [0.5, 0.6) is 0 Å². The molecule has 4 rings (SSSR count). The smallest absolute Gasteiger partial charge is 0.150 e. The number of nitrogens with zero attached hydrogens (tertiary/aromatic N) is 1. The second kappa shape index (κ2) is 1.91. The van der Waals surface area contributed by atoms with E-state index in [1.807, 2.05) is 0 Å². The van der Waals surface area contributed by atoms with Gasteiger partial charge in [-0.25, -0.2) is 0 Å².